The summed E-state index contributed by atoms with van der Waals surface area (Å²) in [5.41, 5.74) is 0.869. The maximum Gasteiger partial charge on any atom is 0.277 e. The lowest BCUT2D eigenvalue weighted by Gasteiger charge is -2.09. The van der Waals surface area contributed by atoms with E-state index in [1.807, 2.05) is 6.92 Å². The van der Waals surface area contributed by atoms with Gasteiger partial charge in [0.2, 0.25) is 0 Å². The van der Waals surface area contributed by atoms with E-state index in [-0.39, 0.29) is 16.9 Å². The monoisotopic (exact) mass is 398 g/mol. The van der Waals surface area contributed by atoms with Crippen LogP contribution in [-0.2, 0) is 6.61 Å². The van der Waals surface area contributed by atoms with Crippen LogP contribution in [0.2, 0.25) is 10.0 Å². The molecule has 2 aromatic carbocycles. The molecule has 0 N–H and O–H groups in total. The van der Waals surface area contributed by atoms with Crippen LogP contribution in [0.5, 0.6) is 5.75 Å². The van der Waals surface area contributed by atoms with Crippen LogP contribution in [0, 0.1) is 5.82 Å². The van der Waals surface area contributed by atoms with E-state index in [2.05, 4.69) is 10.2 Å². The van der Waals surface area contributed by atoms with Crippen LogP contribution in [0.15, 0.2) is 52.1 Å². The van der Waals surface area contributed by atoms with Crippen molar-refractivity contribution in [3.63, 3.8) is 0 Å². The normalized spacial score (nSPS) is 12.2. The van der Waals surface area contributed by atoms with E-state index < -0.39 is 5.82 Å². The van der Waals surface area contributed by atoms with Crippen molar-refractivity contribution in [1.29, 1.82) is 0 Å². The van der Waals surface area contributed by atoms with Crippen molar-refractivity contribution >= 4 is 35.0 Å². The van der Waals surface area contributed by atoms with Crippen molar-refractivity contribution in [1.82, 2.24) is 10.2 Å². The number of ether oxygens (including phenoxy) is 1. The fraction of sp³-hybridized carbons (Fsp3) is 0.176. The SMILES string of the molecule is CC(Sc1nnc(COc2ccc(Cl)cc2)o1)c1ccc(F)c(Cl)c1. The van der Waals surface area contributed by atoms with Gasteiger partial charge >= 0.3 is 0 Å². The van der Waals surface area contributed by atoms with E-state index in [1.54, 1.807) is 36.4 Å². The van der Waals surface area contributed by atoms with E-state index in [1.165, 1.54) is 17.8 Å². The van der Waals surface area contributed by atoms with Gasteiger partial charge in [-0.3, -0.25) is 0 Å². The fourth-order valence-electron chi connectivity index (χ4n) is 2.00. The first-order valence-electron chi connectivity index (χ1n) is 7.33. The van der Waals surface area contributed by atoms with Crippen LogP contribution in [0.4, 0.5) is 4.39 Å². The fourth-order valence-corrected chi connectivity index (χ4v) is 3.14. The number of rotatable bonds is 6. The summed E-state index contributed by atoms with van der Waals surface area (Å²) in [6.45, 7) is 2.11. The highest BCUT2D eigenvalue weighted by atomic mass is 35.5. The Kier molecular flexibility index (Phi) is 5.83. The molecular formula is C17H13Cl2FN2O2S. The van der Waals surface area contributed by atoms with Crippen molar-refractivity contribution in [2.75, 3.05) is 0 Å². The van der Waals surface area contributed by atoms with Crippen LogP contribution in [0.25, 0.3) is 0 Å². The van der Waals surface area contributed by atoms with E-state index in [9.17, 15) is 4.39 Å². The zero-order valence-corrected chi connectivity index (χ0v) is 15.4. The molecule has 1 atom stereocenters. The van der Waals surface area contributed by atoms with Gasteiger partial charge in [0.1, 0.15) is 11.6 Å². The molecular weight excluding hydrogens is 386 g/mol. The molecule has 25 heavy (non-hydrogen) atoms. The number of thioether (sulfide) groups is 1. The highest BCUT2D eigenvalue weighted by molar-refractivity contribution is 7.99. The number of nitrogens with zero attached hydrogens (tertiary/aromatic N) is 2. The molecule has 0 bridgehead atoms. The number of benzene rings is 2. The maximum absolute atomic E-state index is 13.2. The number of halogens is 3. The molecule has 3 rings (SSSR count). The molecule has 0 saturated heterocycles. The first-order valence-corrected chi connectivity index (χ1v) is 8.97. The molecule has 1 aromatic heterocycles. The minimum absolute atomic E-state index is 0.0245. The summed E-state index contributed by atoms with van der Waals surface area (Å²) < 4.78 is 24.4. The average Bonchev–Trinajstić information content (AvgIpc) is 3.04. The molecule has 0 aliphatic carbocycles. The van der Waals surface area contributed by atoms with Crippen LogP contribution >= 0.6 is 35.0 Å². The molecule has 1 unspecified atom stereocenters. The largest absolute Gasteiger partial charge is 0.484 e. The summed E-state index contributed by atoms with van der Waals surface area (Å²) in [6.07, 6.45) is 0. The summed E-state index contributed by atoms with van der Waals surface area (Å²) in [4.78, 5) is 0. The van der Waals surface area contributed by atoms with Crippen LogP contribution < -0.4 is 4.74 Å². The molecule has 0 spiro atoms. The molecule has 130 valence electrons. The Morgan fingerprint density at radius 3 is 2.64 bits per heavy atom. The Balaban J connectivity index is 1.59. The number of aromatic nitrogens is 2. The van der Waals surface area contributed by atoms with Gasteiger partial charge in [-0.05, 0) is 48.9 Å². The van der Waals surface area contributed by atoms with E-state index >= 15 is 0 Å². The Hall–Kier alpha value is -1.76. The Morgan fingerprint density at radius 1 is 1.16 bits per heavy atom. The van der Waals surface area contributed by atoms with Crippen molar-refractivity contribution in [2.45, 2.75) is 24.0 Å². The van der Waals surface area contributed by atoms with E-state index in [0.717, 1.165) is 5.56 Å². The zero-order valence-electron chi connectivity index (χ0n) is 13.1. The first kappa shape index (κ1) is 18.0. The van der Waals surface area contributed by atoms with Crippen LogP contribution in [0.3, 0.4) is 0 Å². The van der Waals surface area contributed by atoms with Gasteiger partial charge in [-0.1, -0.05) is 41.0 Å². The van der Waals surface area contributed by atoms with Gasteiger partial charge in [-0.25, -0.2) is 4.39 Å². The molecule has 1 heterocycles. The second-order valence-corrected chi connectivity index (χ2v) is 7.27. The summed E-state index contributed by atoms with van der Waals surface area (Å²) in [6, 6.07) is 11.6. The second kappa shape index (κ2) is 8.08. The van der Waals surface area contributed by atoms with Crippen LogP contribution in [0.1, 0.15) is 23.6 Å². The standard InChI is InChI=1S/C17H13Cl2FN2O2S/c1-10(11-2-7-15(20)14(19)8-11)25-17-22-21-16(24-17)9-23-13-5-3-12(18)4-6-13/h2-8,10H,9H2,1H3. The molecule has 3 aromatic rings. The minimum atomic E-state index is -0.443. The summed E-state index contributed by atoms with van der Waals surface area (Å²) in [5.74, 6) is 0.579. The lowest BCUT2D eigenvalue weighted by Crippen LogP contribution is -1.95. The van der Waals surface area contributed by atoms with Crippen molar-refractivity contribution < 1.29 is 13.5 Å². The lowest BCUT2D eigenvalue weighted by molar-refractivity contribution is 0.252. The topological polar surface area (TPSA) is 48.2 Å². The maximum atomic E-state index is 13.2. The predicted octanol–water partition coefficient (Wildman–Crippen LogP) is 5.95. The third-order valence-electron chi connectivity index (χ3n) is 3.31. The van der Waals surface area contributed by atoms with Gasteiger partial charge in [0.25, 0.3) is 11.1 Å². The summed E-state index contributed by atoms with van der Waals surface area (Å²) >= 11 is 13.0. The van der Waals surface area contributed by atoms with Crippen LogP contribution in [-0.4, -0.2) is 10.2 Å². The molecule has 0 aliphatic heterocycles. The molecule has 4 nitrogen and oxygen atoms in total. The number of hydrogen-bond acceptors (Lipinski definition) is 5. The van der Waals surface area contributed by atoms with Gasteiger partial charge in [-0.15, -0.1) is 10.2 Å². The molecule has 0 fully saturated rings. The van der Waals surface area contributed by atoms with Gasteiger partial charge < -0.3 is 9.15 Å². The van der Waals surface area contributed by atoms with E-state index in [0.29, 0.717) is 21.9 Å². The zero-order chi connectivity index (χ0) is 17.8. The Bertz CT molecular complexity index is 858. The van der Waals surface area contributed by atoms with Gasteiger partial charge in [0.05, 0.1) is 5.02 Å². The third kappa shape index (κ3) is 4.87. The van der Waals surface area contributed by atoms with Crippen molar-refractivity contribution in [3.05, 3.63) is 69.8 Å². The smallest absolute Gasteiger partial charge is 0.277 e. The summed E-state index contributed by atoms with van der Waals surface area (Å²) in [5, 5.41) is 9.05. The number of hydrogen-bond donors (Lipinski definition) is 0. The average molecular weight is 399 g/mol. The van der Waals surface area contributed by atoms with Crippen molar-refractivity contribution in [3.8, 4) is 5.75 Å². The molecule has 0 amide bonds. The highest BCUT2D eigenvalue weighted by Gasteiger charge is 2.15. The first-order chi connectivity index (χ1) is 12.0. The third-order valence-corrected chi connectivity index (χ3v) is 4.85. The highest BCUT2D eigenvalue weighted by Crippen LogP contribution is 2.35. The second-order valence-electron chi connectivity index (χ2n) is 5.14. The minimum Gasteiger partial charge on any atom is -0.484 e. The lowest BCUT2D eigenvalue weighted by atomic mass is 10.2. The Labute approximate surface area is 158 Å². The Morgan fingerprint density at radius 2 is 1.92 bits per heavy atom. The van der Waals surface area contributed by atoms with Crippen molar-refractivity contribution in [2.24, 2.45) is 0 Å². The molecule has 0 radical (unpaired) electrons. The van der Waals surface area contributed by atoms with Gasteiger partial charge in [0.15, 0.2) is 6.61 Å². The molecule has 8 heteroatoms. The quantitative estimate of drug-likeness (QED) is 0.480. The van der Waals surface area contributed by atoms with Gasteiger partial charge in [0, 0.05) is 10.3 Å². The summed E-state index contributed by atoms with van der Waals surface area (Å²) in [7, 11) is 0. The van der Waals surface area contributed by atoms with Gasteiger partial charge in [-0.2, -0.15) is 0 Å². The molecule has 0 saturated carbocycles. The predicted molar refractivity (Wildman–Crippen MR) is 95.8 cm³/mol. The molecule has 0 aliphatic rings. The van der Waals surface area contributed by atoms with E-state index in [4.69, 9.17) is 32.4 Å².